The molecule has 0 aromatic carbocycles. The van der Waals surface area contributed by atoms with Crippen LogP contribution in [-0.4, -0.2) is 27.1 Å². The number of imidazole rings is 1. The Morgan fingerprint density at radius 3 is 3.10 bits per heavy atom. The molecular formula is C16H18N4O. The molecule has 4 heterocycles. The molecule has 0 spiro atoms. The summed E-state index contributed by atoms with van der Waals surface area (Å²) in [5.41, 5.74) is 1.84. The van der Waals surface area contributed by atoms with Crippen LogP contribution < -0.4 is 5.32 Å². The zero-order valence-corrected chi connectivity index (χ0v) is 11.8. The molecule has 1 fully saturated rings. The fourth-order valence-corrected chi connectivity index (χ4v) is 3.03. The van der Waals surface area contributed by atoms with Crippen LogP contribution in [0.25, 0.3) is 22.7 Å². The molecule has 108 valence electrons. The van der Waals surface area contributed by atoms with Crippen molar-refractivity contribution in [1.82, 2.24) is 19.9 Å². The van der Waals surface area contributed by atoms with Gasteiger partial charge in [-0.1, -0.05) is 6.42 Å². The smallest absolute Gasteiger partial charge is 0.178 e. The highest BCUT2D eigenvalue weighted by molar-refractivity contribution is 5.75. The molecule has 1 atom stereocenters. The quantitative estimate of drug-likeness (QED) is 0.802. The second-order valence-electron chi connectivity index (χ2n) is 5.52. The number of hydrogen-bond acceptors (Lipinski definition) is 4. The van der Waals surface area contributed by atoms with Crippen molar-refractivity contribution in [2.45, 2.75) is 31.8 Å². The summed E-state index contributed by atoms with van der Waals surface area (Å²) in [5.74, 6) is 1.66. The van der Waals surface area contributed by atoms with Gasteiger partial charge in [0.15, 0.2) is 17.2 Å². The molecule has 1 N–H and O–H groups in total. The molecule has 0 bridgehead atoms. The Labute approximate surface area is 123 Å². The van der Waals surface area contributed by atoms with E-state index in [9.17, 15) is 0 Å². The van der Waals surface area contributed by atoms with E-state index in [0.29, 0.717) is 6.04 Å². The molecule has 1 aliphatic rings. The molecule has 3 aromatic heterocycles. The number of fused-ring (bicyclic) bond motifs is 1. The van der Waals surface area contributed by atoms with Crippen LogP contribution in [0.5, 0.6) is 0 Å². The summed E-state index contributed by atoms with van der Waals surface area (Å²) in [7, 11) is 0. The predicted octanol–water partition coefficient (Wildman–Crippen LogP) is 2.83. The van der Waals surface area contributed by atoms with Gasteiger partial charge >= 0.3 is 0 Å². The third-order valence-electron chi connectivity index (χ3n) is 4.06. The van der Waals surface area contributed by atoms with Gasteiger partial charge in [-0.05, 0) is 43.7 Å². The first-order valence-electron chi connectivity index (χ1n) is 7.50. The minimum Gasteiger partial charge on any atom is -0.461 e. The van der Waals surface area contributed by atoms with E-state index in [1.807, 2.05) is 30.5 Å². The highest BCUT2D eigenvalue weighted by atomic mass is 16.3. The lowest BCUT2D eigenvalue weighted by Gasteiger charge is -2.24. The Morgan fingerprint density at radius 2 is 2.29 bits per heavy atom. The lowest BCUT2D eigenvalue weighted by atomic mass is 10.1. The van der Waals surface area contributed by atoms with Crippen LogP contribution in [-0.2, 0) is 6.54 Å². The van der Waals surface area contributed by atoms with Crippen molar-refractivity contribution in [3.63, 3.8) is 0 Å². The van der Waals surface area contributed by atoms with E-state index in [1.165, 1.54) is 19.3 Å². The summed E-state index contributed by atoms with van der Waals surface area (Å²) in [6, 6.07) is 8.24. The van der Waals surface area contributed by atoms with E-state index in [1.54, 1.807) is 6.26 Å². The van der Waals surface area contributed by atoms with E-state index in [4.69, 9.17) is 9.40 Å². The standard InChI is InChI=1S/C16H18N4O/c1-2-8-17-12(5-1)11-20-15-13(6-3-9-18-15)19-16(20)14-7-4-10-21-14/h3-4,6-7,9-10,12,17H,1-2,5,8,11H2. The fourth-order valence-electron chi connectivity index (χ4n) is 3.03. The Bertz CT molecular complexity index is 726. The summed E-state index contributed by atoms with van der Waals surface area (Å²) >= 11 is 0. The van der Waals surface area contributed by atoms with Crippen LogP contribution in [0, 0.1) is 0 Å². The molecule has 5 heteroatoms. The van der Waals surface area contributed by atoms with Crippen molar-refractivity contribution in [1.29, 1.82) is 0 Å². The van der Waals surface area contributed by atoms with Crippen molar-refractivity contribution in [2.75, 3.05) is 6.54 Å². The highest BCUT2D eigenvalue weighted by Gasteiger charge is 2.20. The molecule has 1 saturated heterocycles. The van der Waals surface area contributed by atoms with Gasteiger partial charge in [0.2, 0.25) is 0 Å². The van der Waals surface area contributed by atoms with Gasteiger partial charge in [0.05, 0.1) is 6.26 Å². The molecule has 1 unspecified atom stereocenters. The maximum Gasteiger partial charge on any atom is 0.178 e. The molecule has 21 heavy (non-hydrogen) atoms. The van der Waals surface area contributed by atoms with E-state index >= 15 is 0 Å². The monoisotopic (exact) mass is 282 g/mol. The highest BCUT2D eigenvalue weighted by Crippen LogP contribution is 2.25. The van der Waals surface area contributed by atoms with Crippen LogP contribution in [0.1, 0.15) is 19.3 Å². The van der Waals surface area contributed by atoms with Crippen molar-refractivity contribution in [3.8, 4) is 11.6 Å². The maximum absolute atomic E-state index is 5.55. The molecule has 0 radical (unpaired) electrons. The van der Waals surface area contributed by atoms with E-state index in [-0.39, 0.29) is 0 Å². The number of nitrogens with one attached hydrogen (secondary N) is 1. The van der Waals surface area contributed by atoms with Gasteiger partial charge in [-0.3, -0.25) is 0 Å². The molecule has 0 amide bonds. The van der Waals surface area contributed by atoms with Crippen LogP contribution in [0.2, 0.25) is 0 Å². The summed E-state index contributed by atoms with van der Waals surface area (Å²) in [5, 5.41) is 3.59. The van der Waals surface area contributed by atoms with E-state index < -0.39 is 0 Å². The van der Waals surface area contributed by atoms with Gasteiger partial charge in [-0.25, -0.2) is 9.97 Å². The maximum atomic E-state index is 5.55. The summed E-state index contributed by atoms with van der Waals surface area (Å²) in [6.45, 7) is 1.98. The van der Waals surface area contributed by atoms with Crippen molar-refractivity contribution < 1.29 is 4.42 Å². The number of pyridine rings is 1. The summed E-state index contributed by atoms with van der Waals surface area (Å²) in [6.07, 6.45) is 7.26. The van der Waals surface area contributed by atoms with Crippen LogP contribution in [0.3, 0.4) is 0 Å². The number of piperidine rings is 1. The van der Waals surface area contributed by atoms with E-state index in [0.717, 1.165) is 35.8 Å². The lowest BCUT2D eigenvalue weighted by Crippen LogP contribution is -2.37. The molecule has 3 aromatic rings. The second kappa shape index (κ2) is 5.33. The molecule has 0 aliphatic carbocycles. The largest absolute Gasteiger partial charge is 0.461 e. The average Bonchev–Trinajstić information content (AvgIpc) is 3.16. The Balaban J connectivity index is 1.78. The number of aromatic nitrogens is 3. The molecule has 1 aliphatic heterocycles. The van der Waals surface area contributed by atoms with E-state index in [2.05, 4.69) is 14.9 Å². The Kier molecular flexibility index (Phi) is 3.20. The molecular weight excluding hydrogens is 264 g/mol. The summed E-state index contributed by atoms with van der Waals surface area (Å²) < 4.78 is 7.73. The third kappa shape index (κ3) is 2.34. The fraction of sp³-hybridized carbons (Fsp3) is 0.375. The van der Waals surface area contributed by atoms with Gasteiger partial charge in [0.1, 0.15) is 5.52 Å². The molecule has 0 saturated carbocycles. The minimum absolute atomic E-state index is 0.479. The van der Waals surface area contributed by atoms with Gasteiger partial charge in [-0.15, -0.1) is 0 Å². The van der Waals surface area contributed by atoms with Crippen molar-refractivity contribution in [3.05, 3.63) is 36.7 Å². The SMILES string of the molecule is c1coc(-c2nc3cccnc3n2CC2CCCCN2)c1. The first kappa shape index (κ1) is 12.6. The Morgan fingerprint density at radius 1 is 1.29 bits per heavy atom. The lowest BCUT2D eigenvalue weighted by molar-refractivity contribution is 0.365. The van der Waals surface area contributed by atoms with Gasteiger partial charge < -0.3 is 14.3 Å². The van der Waals surface area contributed by atoms with Gasteiger partial charge in [-0.2, -0.15) is 0 Å². The first-order valence-corrected chi connectivity index (χ1v) is 7.50. The number of hydrogen-bond donors (Lipinski definition) is 1. The zero-order chi connectivity index (χ0) is 14.1. The number of nitrogens with zero attached hydrogens (tertiary/aromatic N) is 3. The molecule has 4 rings (SSSR count). The number of rotatable bonds is 3. The van der Waals surface area contributed by atoms with Crippen molar-refractivity contribution >= 4 is 11.2 Å². The second-order valence-corrected chi connectivity index (χ2v) is 5.52. The third-order valence-corrected chi connectivity index (χ3v) is 4.06. The minimum atomic E-state index is 0.479. The van der Waals surface area contributed by atoms with Gasteiger partial charge in [0, 0.05) is 18.8 Å². The van der Waals surface area contributed by atoms with Gasteiger partial charge in [0.25, 0.3) is 0 Å². The normalized spacial score (nSPS) is 19.1. The topological polar surface area (TPSA) is 55.9 Å². The first-order chi connectivity index (χ1) is 10.4. The Hall–Kier alpha value is -2.14. The van der Waals surface area contributed by atoms with Crippen molar-refractivity contribution in [2.24, 2.45) is 0 Å². The van der Waals surface area contributed by atoms with Crippen LogP contribution in [0.4, 0.5) is 0 Å². The van der Waals surface area contributed by atoms with Crippen LogP contribution >= 0.6 is 0 Å². The predicted molar refractivity (Wildman–Crippen MR) is 80.9 cm³/mol. The summed E-state index contributed by atoms with van der Waals surface area (Å²) in [4.78, 5) is 9.21. The molecule has 5 nitrogen and oxygen atoms in total. The zero-order valence-electron chi connectivity index (χ0n) is 11.8. The van der Waals surface area contributed by atoms with Crippen LogP contribution in [0.15, 0.2) is 41.1 Å². The average molecular weight is 282 g/mol. The number of furan rings is 1.